The number of halogens is 1. The van der Waals surface area contributed by atoms with Gasteiger partial charge in [-0.15, -0.1) is 0 Å². The molecule has 0 bridgehead atoms. The lowest BCUT2D eigenvalue weighted by atomic mass is 10.1. The third-order valence-corrected chi connectivity index (χ3v) is 2.67. The summed E-state index contributed by atoms with van der Waals surface area (Å²) in [6, 6.07) is 6.28. The number of amides is 1. The molecule has 0 fully saturated rings. The number of anilines is 3. The summed E-state index contributed by atoms with van der Waals surface area (Å²) in [6.45, 7) is 0. The molecule has 0 spiro atoms. The van der Waals surface area contributed by atoms with Gasteiger partial charge in [0, 0.05) is 17.6 Å². The number of nitrogens with one attached hydrogen (secondary N) is 1. The number of pyridine rings is 1. The fourth-order valence-corrected chi connectivity index (χ4v) is 1.60. The first kappa shape index (κ1) is 12.2. The lowest BCUT2D eigenvalue weighted by Crippen LogP contribution is -2.14. The van der Waals surface area contributed by atoms with Crippen molar-refractivity contribution < 1.29 is 4.79 Å². The predicted octanol–water partition coefficient (Wildman–Crippen LogP) is 2.15. The minimum Gasteiger partial charge on any atom is -0.399 e. The van der Waals surface area contributed by atoms with Crippen LogP contribution in [0.25, 0.3) is 0 Å². The quantitative estimate of drug-likeness (QED) is 0.723. The Morgan fingerprint density at radius 1 is 1.28 bits per heavy atom. The van der Waals surface area contributed by atoms with Crippen LogP contribution >= 0.6 is 11.6 Å². The molecule has 0 saturated heterocycles. The van der Waals surface area contributed by atoms with E-state index in [1.165, 1.54) is 18.5 Å². The van der Waals surface area contributed by atoms with Crippen molar-refractivity contribution in [1.29, 1.82) is 0 Å². The highest BCUT2D eigenvalue weighted by atomic mass is 35.5. The Morgan fingerprint density at radius 2 is 2.06 bits per heavy atom. The van der Waals surface area contributed by atoms with Gasteiger partial charge in [-0.25, -0.2) is 0 Å². The molecular formula is C12H11ClN4O. The van der Waals surface area contributed by atoms with Crippen LogP contribution in [0.5, 0.6) is 0 Å². The zero-order chi connectivity index (χ0) is 13.1. The molecule has 0 aliphatic heterocycles. The predicted molar refractivity (Wildman–Crippen MR) is 72.5 cm³/mol. The van der Waals surface area contributed by atoms with Crippen molar-refractivity contribution in [2.75, 3.05) is 16.8 Å². The van der Waals surface area contributed by atoms with Crippen LogP contribution in [0.1, 0.15) is 10.4 Å². The number of benzene rings is 1. The minimum atomic E-state index is -0.359. The number of carbonyl (C=O) groups excluding carboxylic acids is 1. The van der Waals surface area contributed by atoms with Crippen LogP contribution in [0.2, 0.25) is 5.02 Å². The van der Waals surface area contributed by atoms with Crippen molar-refractivity contribution in [1.82, 2.24) is 4.98 Å². The molecule has 0 atom stereocenters. The van der Waals surface area contributed by atoms with Crippen molar-refractivity contribution in [2.45, 2.75) is 0 Å². The van der Waals surface area contributed by atoms with Gasteiger partial charge in [0.05, 0.1) is 22.5 Å². The fraction of sp³-hybridized carbons (Fsp3) is 0. The standard InChI is InChI=1S/C12H11ClN4O/c13-9-3-4-16-6-11(9)17-12(18)8-2-1-7(14)5-10(8)15/h1-6H,14-15H2,(H,17,18). The third-order valence-electron chi connectivity index (χ3n) is 2.34. The van der Waals surface area contributed by atoms with E-state index in [1.54, 1.807) is 18.2 Å². The topological polar surface area (TPSA) is 94.0 Å². The van der Waals surface area contributed by atoms with Gasteiger partial charge >= 0.3 is 0 Å². The minimum absolute atomic E-state index is 0.313. The smallest absolute Gasteiger partial charge is 0.257 e. The average Bonchev–Trinajstić information content (AvgIpc) is 2.32. The van der Waals surface area contributed by atoms with E-state index in [9.17, 15) is 4.79 Å². The molecule has 5 nitrogen and oxygen atoms in total. The molecule has 2 aromatic rings. The molecule has 0 aliphatic rings. The molecule has 1 amide bonds. The van der Waals surface area contributed by atoms with Gasteiger partial charge in [0.1, 0.15) is 0 Å². The normalized spacial score (nSPS) is 10.1. The van der Waals surface area contributed by atoms with Crippen molar-refractivity contribution in [3.63, 3.8) is 0 Å². The Kier molecular flexibility index (Phi) is 3.34. The molecule has 1 heterocycles. The summed E-state index contributed by atoms with van der Waals surface area (Å²) in [6.07, 6.45) is 3.00. The van der Waals surface area contributed by atoms with E-state index in [0.29, 0.717) is 27.6 Å². The van der Waals surface area contributed by atoms with Gasteiger partial charge in [0.25, 0.3) is 5.91 Å². The largest absolute Gasteiger partial charge is 0.399 e. The highest BCUT2D eigenvalue weighted by Crippen LogP contribution is 2.22. The Labute approximate surface area is 109 Å². The van der Waals surface area contributed by atoms with Crippen molar-refractivity contribution in [3.05, 3.63) is 47.2 Å². The SMILES string of the molecule is Nc1ccc(C(=O)Nc2cnccc2Cl)c(N)c1. The van der Waals surface area contributed by atoms with Crippen LogP contribution in [0.3, 0.4) is 0 Å². The lowest BCUT2D eigenvalue weighted by molar-refractivity contribution is 0.102. The number of nitrogens with two attached hydrogens (primary N) is 2. The molecule has 0 radical (unpaired) electrons. The second-order valence-corrected chi connectivity index (χ2v) is 4.06. The maximum atomic E-state index is 12.0. The average molecular weight is 263 g/mol. The van der Waals surface area contributed by atoms with Crippen LogP contribution in [0.15, 0.2) is 36.7 Å². The molecule has 0 aliphatic carbocycles. The van der Waals surface area contributed by atoms with E-state index in [1.807, 2.05) is 0 Å². The number of carbonyl (C=O) groups is 1. The summed E-state index contributed by atoms with van der Waals surface area (Å²) in [5.74, 6) is -0.359. The van der Waals surface area contributed by atoms with Crippen LogP contribution in [-0.4, -0.2) is 10.9 Å². The van der Waals surface area contributed by atoms with E-state index in [4.69, 9.17) is 23.1 Å². The van der Waals surface area contributed by atoms with Gasteiger partial charge in [-0.2, -0.15) is 0 Å². The third kappa shape index (κ3) is 2.52. The summed E-state index contributed by atoms with van der Waals surface area (Å²) in [5, 5.41) is 3.04. The van der Waals surface area contributed by atoms with E-state index in [-0.39, 0.29) is 5.91 Å². The molecule has 6 heteroatoms. The Hall–Kier alpha value is -2.27. The zero-order valence-electron chi connectivity index (χ0n) is 9.35. The van der Waals surface area contributed by atoms with Gasteiger partial charge in [0.15, 0.2) is 0 Å². The summed E-state index contributed by atoms with van der Waals surface area (Å²) >= 11 is 5.91. The second-order valence-electron chi connectivity index (χ2n) is 3.66. The monoisotopic (exact) mass is 262 g/mol. The highest BCUT2D eigenvalue weighted by Gasteiger charge is 2.11. The Balaban J connectivity index is 2.25. The summed E-state index contributed by atoms with van der Waals surface area (Å²) in [4.78, 5) is 15.9. The van der Waals surface area contributed by atoms with Gasteiger partial charge in [-0.05, 0) is 24.3 Å². The van der Waals surface area contributed by atoms with E-state index in [0.717, 1.165) is 0 Å². The number of nitrogens with zero attached hydrogens (tertiary/aromatic N) is 1. The maximum Gasteiger partial charge on any atom is 0.257 e. The van der Waals surface area contributed by atoms with Gasteiger partial charge in [-0.1, -0.05) is 11.6 Å². The lowest BCUT2D eigenvalue weighted by Gasteiger charge is -2.08. The highest BCUT2D eigenvalue weighted by molar-refractivity contribution is 6.33. The maximum absolute atomic E-state index is 12.0. The molecular weight excluding hydrogens is 252 g/mol. The number of hydrogen-bond donors (Lipinski definition) is 3. The van der Waals surface area contributed by atoms with Crippen molar-refractivity contribution >= 4 is 34.6 Å². The van der Waals surface area contributed by atoms with Crippen molar-refractivity contribution in [2.24, 2.45) is 0 Å². The second kappa shape index (κ2) is 4.93. The molecule has 1 aromatic carbocycles. The van der Waals surface area contributed by atoms with Gasteiger partial charge in [0.2, 0.25) is 0 Å². The first-order valence-corrected chi connectivity index (χ1v) is 5.51. The number of rotatable bonds is 2. The number of hydrogen-bond acceptors (Lipinski definition) is 4. The van der Waals surface area contributed by atoms with Crippen LogP contribution in [-0.2, 0) is 0 Å². The molecule has 0 saturated carbocycles. The molecule has 18 heavy (non-hydrogen) atoms. The number of nitrogen functional groups attached to an aromatic ring is 2. The van der Waals surface area contributed by atoms with Gasteiger partial charge < -0.3 is 16.8 Å². The van der Waals surface area contributed by atoms with E-state index in [2.05, 4.69) is 10.3 Å². The molecule has 2 rings (SSSR count). The fourth-order valence-electron chi connectivity index (χ4n) is 1.45. The van der Waals surface area contributed by atoms with Crippen LogP contribution in [0.4, 0.5) is 17.1 Å². The Bertz CT molecular complexity index is 600. The molecule has 0 unspecified atom stereocenters. The molecule has 92 valence electrons. The Morgan fingerprint density at radius 3 is 2.72 bits per heavy atom. The van der Waals surface area contributed by atoms with Crippen molar-refractivity contribution in [3.8, 4) is 0 Å². The molecule has 5 N–H and O–H groups in total. The van der Waals surface area contributed by atoms with Crippen LogP contribution < -0.4 is 16.8 Å². The zero-order valence-corrected chi connectivity index (χ0v) is 10.1. The first-order chi connectivity index (χ1) is 8.58. The summed E-state index contributed by atoms with van der Waals surface area (Å²) in [7, 11) is 0. The first-order valence-electron chi connectivity index (χ1n) is 5.14. The van der Waals surface area contributed by atoms with Crippen LogP contribution in [0, 0.1) is 0 Å². The van der Waals surface area contributed by atoms with E-state index >= 15 is 0 Å². The summed E-state index contributed by atoms with van der Waals surface area (Å²) < 4.78 is 0. The molecule has 1 aromatic heterocycles. The van der Waals surface area contributed by atoms with Gasteiger partial charge in [-0.3, -0.25) is 9.78 Å². The van der Waals surface area contributed by atoms with E-state index < -0.39 is 0 Å². The number of aromatic nitrogens is 1. The summed E-state index contributed by atoms with van der Waals surface area (Å²) in [5.41, 5.74) is 12.9.